The average Bonchev–Trinajstić information content (AvgIpc) is 2.85. The number of likely N-dealkylation sites (tertiary alicyclic amines) is 1. The maximum atomic E-state index is 11.8. The van der Waals surface area contributed by atoms with Crippen LogP contribution in [0.5, 0.6) is 0 Å². The van der Waals surface area contributed by atoms with E-state index in [1.54, 1.807) is 6.20 Å². The van der Waals surface area contributed by atoms with E-state index in [1.165, 1.54) is 23.3 Å². The molecule has 1 atom stereocenters. The van der Waals surface area contributed by atoms with E-state index in [0.717, 1.165) is 5.01 Å². The van der Waals surface area contributed by atoms with Crippen molar-refractivity contribution >= 4 is 23.2 Å². The molecule has 1 fully saturated rings. The molecule has 1 aliphatic rings. The van der Waals surface area contributed by atoms with E-state index >= 15 is 0 Å². The summed E-state index contributed by atoms with van der Waals surface area (Å²) in [7, 11) is 1.52. The van der Waals surface area contributed by atoms with Crippen molar-refractivity contribution in [1.82, 2.24) is 15.2 Å². The topological polar surface area (TPSA) is 62.3 Å². The quantitative estimate of drug-likeness (QED) is 0.806. The van der Waals surface area contributed by atoms with Gasteiger partial charge in [0.05, 0.1) is 18.0 Å². The molecule has 2 heterocycles. The Morgan fingerprint density at radius 2 is 2.24 bits per heavy atom. The molecule has 2 rings (SSSR count). The van der Waals surface area contributed by atoms with Crippen LogP contribution in [0.1, 0.15) is 25.3 Å². The molecule has 17 heavy (non-hydrogen) atoms. The van der Waals surface area contributed by atoms with Crippen LogP contribution in [0.25, 0.3) is 0 Å². The molecule has 0 radical (unpaired) electrons. The Balaban J connectivity index is 2.12. The number of hydrogen-bond acceptors (Lipinski definition) is 5. The number of nitrogens with zero attached hydrogens (tertiary/aromatic N) is 2. The highest BCUT2D eigenvalue weighted by atomic mass is 32.1. The summed E-state index contributed by atoms with van der Waals surface area (Å²) in [5.41, 5.74) is -0.403. The molecule has 1 saturated heterocycles. The van der Waals surface area contributed by atoms with Gasteiger partial charge in [-0.2, -0.15) is 0 Å². The first-order valence-electron chi connectivity index (χ1n) is 5.40. The molecular formula is C11H15N3O2S. The lowest BCUT2D eigenvalue weighted by Gasteiger charge is -2.26. The molecule has 1 aliphatic heterocycles. The van der Waals surface area contributed by atoms with Gasteiger partial charge >= 0.3 is 0 Å². The van der Waals surface area contributed by atoms with Crippen LogP contribution >= 0.6 is 11.3 Å². The molecule has 1 N–H and O–H groups in total. The summed E-state index contributed by atoms with van der Waals surface area (Å²) in [6.07, 6.45) is 1.96. The molecule has 92 valence electrons. The molecule has 2 amide bonds. The van der Waals surface area contributed by atoms with Crippen molar-refractivity contribution in [3.8, 4) is 0 Å². The number of amides is 2. The Morgan fingerprint density at radius 1 is 1.53 bits per heavy atom. The molecule has 6 heteroatoms. The van der Waals surface area contributed by atoms with E-state index in [-0.39, 0.29) is 18.2 Å². The van der Waals surface area contributed by atoms with Gasteiger partial charge in [0.1, 0.15) is 5.01 Å². The normalized spacial score (nSPS) is 21.4. The fourth-order valence-electron chi connectivity index (χ4n) is 1.90. The summed E-state index contributed by atoms with van der Waals surface area (Å²) >= 11 is 1.53. The third-order valence-corrected chi connectivity index (χ3v) is 3.98. The largest absolute Gasteiger partial charge is 0.294 e. The second kappa shape index (κ2) is 4.19. The predicted octanol–water partition coefficient (Wildman–Crippen LogP) is 0.725. The maximum absolute atomic E-state index is 11.8. The van der Waals surface area contributed by atoms with Gasteiger partial charge in [-0.25, -0.2) is 4.98 Å². The van der Waals surface area contributed by atoms with E-state index in [9.17, 15) is 9.59 Å². The Labute approximate surface area is 104 Å². The standard InChI is InChI=1S/C11H15N3O2S/c1-11(2,10-12-4-5-17-10)13-7-6-8(15)14(3)9(7)16/h4-5,7,13H,6H2,1-3H3. The van der Waals surface area contributed by atoms with Gasteiger partial charge in [-0.3, -0.25) is 19.8 Å². The van der Waals surface area contributed by atoms with Crippen molar-refractivity contribution in [2.45, 2.75) is 31.8 Å². The number of imide groups is 1. The Morgan fingerprint density at radius 3 is 2.71 bits per heavy atom. The molecule has 0 aliphatic carbocycles. The van der Waals surface area contributed by atoms with Crippen LogP contribution in [0, 0.1) is 0 Å². The van der Waals surface area contributed by atoms with E-state index in [4.69, 9.17) is 0 Å². The molecule has 1 aromatic heterocycles. The highest BCUT2D eigenvalue weighted by Gasteiger charge is 2.39. The molecular weight excluding hydrogens is 238 g/mol. The Hall–Kier alpha value is -1.27. The van der Waals surface area contributed by atoms with Gasteiger partial charge in [0.25, 0.3) is 0 Å². The first kappa shape index (κ1) is 12.2. The minimum absolute atomic E-state index is 0.137. The highest BCUT2D eigenvalue weighted by molar-refractivity contribution is 7.09. The molecule has 0 bridgehead atoms. The molecule has 1 aromatic rings. The summed E-state index contributed by atoms with van der Waals surface area (Å²) in [6.45, 7) is 3.92. The zero-order valence-electron chi connectivity index (χ0n) is 10.1. The number of hydrogen-bond donors (Lipinski definition) is 1. The number of aromatic nitrogens is 1. The number of carbonyl (C=O) groups is 2. The number of likely N-dealkylation sites (N-methyl/N-ethyl adjacent to an activating group) is 1. The number of thiazole rings is 1. The van der Waals surface area contributed by atoms with Crippen LogP contribution in [0.15, 0.2) is 11.6 Å². The second-order valence-electron chi connectivity index (χ2n) is 4.65. The van der Waals surface area contributed by atoms with Gasteiger partial charge in [-0.15, -0.1) is 11.3 Å². The van der Waals surface area contributed by atoms with E-state index < -0.39 is 11.6 Å². The lowest BCUT2D eigenvalue weighted by atomic mass is 10.0. The van der Waals surface area contributed by atoms with Crippen LogP contribution in [0.3, 0.4) is 0 Å². The van der Waals surface area contributed by atoms with E-state index in [1.807, 2.05) is 19.2 Å². The van der Waals surface area contributed by atoms with Crippen molar-refractivity contribution < 1.29 is 9.59 Å². The fraction of sp³-hybridized carbons (Fsp3) is 0.545. The van der Waals surface area contributed by atoms with Gasteiger partial charge in [-0.05, 0) is 13.8 Å². The molecule has 0 aromatic carbocycles. The summed E-state index contributed by atoms with van der Waals surface area (Å²) in [5, 5.41) is 6.01. The fourth-order valence-corrected chi connectivity index (χ4v) is 2.62. The number of rotatable bonds is 3. The van der Waals surface area contributed by atoms with E-state index in [2.05, 4.69) is 10.3 Å². The van der Waals surface area contributed by atoms with Gasteiger partial charge in [0.2, 0.25) is 11.8 Å². The summed E-state index contributed by atoms with van der Waals surface area (Å²) in [6, 6.07) is -0.439. The number of nitrogens with one attached hydrogen (secondary N) is 1. The van der Waals surface area contributed by atoms with Crippen LogP contribution in [0.4, 0.5) is 0 Å². The zero-order valence-corrected chi connectivity index (χ0v) is 10.9. The first-order chi connectivity index (χ1) is 7.92. The predicted molar refractivity (Wildman–Crippen MR) is 64.5 cm³/mol. The Kier molecular flexibility index (Phi) is 3.01. The van der Waals surface area contributed by atoms with Crippen molar-refractivity contribution in [3.05, 3.63) is 16.6 Å². The highest BCUT2D eigenvalue weighted by Crippen LogP contribution is 2.24. The van der Waals surface area contributed by atoms with Crippen molar-refractivity contribution in [2.75, 3.05) is 7.05 Å². The average molecular weight is 253 g/mol. The molecule has 1 unspecified atom stereocenters. The molecule has 5 nitrogen and oxygen atoms in total. The SMILES string of the molecule is CN1C(=O)CC(NC(C)(C)c2nccs2)C1=O. The van der Waals surface area contributed by atoms with Gasteiger partial charge in [0, 0.05) is 18.6 Å². The lowest BCUT2D eigenvalue weighted by Crippen LogP contribution is -2.47. The monoisotopic (exact) mass is 253 g/mol. The summed E-state index contributed by atoms with van der Waals surface area (Å²) in [5.74, 6) is -0.304. The zero-order chi connectivity index (χ0) is 12.6. The minimum Gasteiger partial charge on any atom is -0.294 e. The summed E-state index contributed by atoms with van der Waals surface area (Å²) in [4.78, 5) is 28.6. The lowest BCUT2D eigenvalue weighted by molar-refractivity contribution is -0.137. The summed E-state index contributed by atoms with van der Waals surface area (Å²) < 4.78 is 0. The van der Waals surface area contributed by atoms with Crippen molar-refractivity contribution in [3.63, 3.8) is 0 Å². The Bertz CT molecular complexity index is 442. The van der Waals surface area contributed by atoms with Crippen molar-refractivity contribution in [2.24, 2.45) is 0 Å². The smallest absolute Gasteiger partial charge is 0.246 e. The second-order valence-corrected chi connectivity index (χ2v) is 5.55. The molecule has 0 spiro atoms. The van der Waals surface area contributed by atoms with Gasteiger partial charge in [0.15, 0.2) is 0 Å². The van der Waals surface area contributed by atoms with Crippen LogP contribution in [-0.2, 0) is 15.1 Å². The third kappa shape index (κ3) is 2.23. The van der Waals surface area contributed by atoms with E-state index in [0.29, 0.717) is 0 Å². The molecule has 0 saturated carbocycles. The van der Waals surface area contributed by atoms with Gasteiger partial charge < -0.3 is 0 Å². The third-order valence-electron chi connectivity index (χ3n) is 2.88. The number of carbonyl (C=O) groups excluding carboxylic acids is 2. The van der Waals surface area contributed by atoms with Crippen molar-refractivity contribution in [1.29, 1.82) is 0 Å². The van der Waals surface area contributed by atoms with Crippen LogP contribution in [0.2, 0.25) is 0 Å². The minimum atomic E-state index is -0.439. The maximum Gasteiger partial charge on any atom is 0.246 e. The first-order valence-corrected chi connectivity index (χ1v) is 6.28. The van der Waals surface area contributed by atoms with Crippen LogP contribution < -0.4 is 5.32 Å². The van der Waals surface area contributed by atoms with Gasteiger partial charge in [-0.1, -0.05) is 0 Å². The van der Waals surface area contributed by atoms with Crippen LogP contribution in [-0.4, -0.2) is 34.8 Å².